The Labute approximate surface area is 139 Å². The molecule has 5 nitrogen and oxygen atoms in total. The van der Waals surface area contributed by atoms with Gasteiger partial charge in [0, 0.05) is 5.41 Å². The van der Waals surface area contributed by atoms with Crippen molar-refractivity contribution in [1.29, 1.82) is 0 Å². The van der Waals surface area contributed by atoms with E-state index in [1.165, 1.54) is 0 Å². The average molecular weight is 325 g/mol. The summed E-state index contributed by atoms with van der Waals surface area (Å²) in [6, 6.07) is -0.231. The van der Waals surface area contributed by atoms with Gasteiger partial charge in [0.25, 0.3) is 0 Å². The molecule has 0 saturated heterocycles. The summed E-state index contributed by atoms with van der Waals surface area (Å²) in [7, 11) is 0. The molecule has 0 bridgehead atoms. The van der Waals surface area contributed by atoms with Crippen LogP contribution in [0.3, 0.4) is 0 Å². The van der Waals surface area contributed by atoms with Gasteiger partial charge in [0.05, 0.1) is 6.04 Å². The van der Waals surface area contributed by atoms with Crippen LogP contribution in [0.1, 0.15) is 67.2 Å². The molecule has 1 aliphatic carbocycles. The summed E-state index contributed by atoms with van der Waals surface area (Å²) in [4.78, 5) is 24.2. The fourth-order valence-electron chi connectivity index (χ4n) is 2.20. The number of carbonyl (C=O) groups excluding carboxylic acids is 2. The van der Waals surface area contributed by atoms with Crippen LogP contribution in [0.25, 0.3) is 0 Å². The third kappa shape index (κ3) is 7.53. The van der Waals surface area contributed by atoms with Crippen molar-refractivity contribution in [2.24, 2.45) is 5.41 Å². The fourth-order valence-corrected chi connectivity index (χ4v) is 2.20. The molecular formula is C18H31NO4. The minimum atomic E-state index is -0.706. The van der Waals surface area contributed by atoms with E-state index >= 15 is 0 Å². The summed E-state index contributed by atoms with van der Waals surface area (Å²) >= 11 is 0. The van der Waals surface area contributed by atoms with E-state index < -0.39 is 23.3 Å². The zero-order valence-corrected chi connectivity index (χ0v) is 15.3. The minimum absolute atomic E-state index is 0.0470. The van der Waals surface area contributed by atoms with Crippen LogP contribution in [-0.2, 0) is 14.3 Å². The Kier molecular flexibility index (Phi) is 6.66. The number of amides is 1. The summed E-state index contributed by atoms with van der Waals surface area (Å²) in [5, 5.41) is 3.02. The molecule has 1 N–H and O–H groups in total. The molecule has 1 amide bonds. The zero-order chi connectivity index (χ0) is 17.7. The van der Waals surface area contributed by atoms with Crippen LogP contribution < -0.4 is 5.32 Å². The van der Waals surface area contributed by atoms with Crippen molar-refractivity contribution < 1.29 is 19.1 Å². The Bertz CT molecular complexity index is 443. The number of hydrogen-bond acceptors (Lipinski definition) is 4. The predicted octanol–water partition coefficient (Wildman–Crippen LogP) is 3.97. The van der Waals surface area contributed by atoms with Crippen molar-refractivity contribution in [3.8, 4) is 0 Å². The van der Waals surface area contributed by atoms with E-state index in [2.05, 4.69) is 5.32 Å². The molecule has 23 heavy (non-hydrogen) atoms. The lowest BCUT2D eigenvalue weighted by atomic mass is 9.93. The standard InChI is InChI=1S/C18H31NO4/c1-17(2,3)15(20)19-13-11-9-7-8-10-12-14(13)22-16(21)23-18(4,5)6/h10,12-14H,7-9,11H2,1-6H3,(H,19,20)/b12-10+. The summed E-state index contributed by atoms with van der Waals surface area (Å²) in [5.74, 6) is -0.0470. The van der Waals surface area contributed by atoms with Gasteiger partial charge in [-0.05, 0) is 46.1 Å². The highest BCUT2D eigenvalue weighted by atomic mass is 16.7. The Hall–Kier alpha value is -1.52. The molecule has 0 saturated carbocycles. The van der Waals surface area contributed by atoms with E-state index in [1.807, 2.05) is 32.9 Å². The molecule has 0 aromatic rings. The molecule has 0 fully saturated rings. The maximum Gasteiger partial charge on any atom is 0.509 e. The largest absolute Gasteiger partial charge is 0.509 e. The highest BCUT2D eigenvalue weighted by molar-refractivity contribution is 5.81. The van der Waals surface area contributed by atoms with Crippen LogP contribution in [0.15, 0.2) is 12.2 Å². The molecule has 2 atom stereocenters. The first kappa shape index (κ1) is 19.5. The van der Waals surface area contributed by atoms with E-state index in [0.29, 0.717) is 0 Å². The van der Waals surface area contributed by atoms with Gasteiger partial charge in [0.1, 0.15) is 11.7 Å². The number of allylic oxidation sites excluding steroid dienone is 1. The topological polar surface area (TPSA) is 64.6 Å². The smallest absolute Gasteiger partial charge is 0.429 e. The molecule has 0 aromatic carbocycles. The molecule has 0 aromatic heterocycles. The molecule has 0 aliphatic heterocycles. The Balaban J connectivity index is 2.81. The molecular weight excluding hydrogens is 294 g/mol. The van der Waals surface area contributed by atoms with E-state index in [4.69, 9.17) is 9.47 Å². The van der Waals surface area contributed by atoms with Crippen molar-refractivity contribution in [3.05, 3.63) is 12.2 Å². The second-order valence-electron chi connectivity index (χ2n) is 8.09. The third-order valence-corrected chi connectivity index (χ3v) is 3.48. The molecule has 1 rings (SSSR count). The van der Waals surface area contributed by atoms with Crippen molar-refractivity contribution in [2.75, 3.05) is 0 Å². The molecule has 2 unspecified atom stereocenters. The van der Waals surface area contributed by atoms with Gasteiger partial charge in [-0.15, -0.1) is 0 Å². The molecule has 1 aliphatic rings. The van der Waals surface area contributed by atoms with E-state index in [-0.39, 0.29) is 11.9 Å². The monoisotopic (exact) mass is 325 g/mol. The number of nitrogens with one attached hydrogen (secondary N) is 1. The highest BCUT2D eigenvalue weighted by Crippen LogP contribution is 2.20. The second-order valence-corrected chi connectivity index (χ2v) is 8.09. The van der Waals surface area contributed by atoms with Gasteiger partial charge in [-0.25, -0.2) is 4.79 Å². The van der Waals surface area contributed by atoms with Gasteiger partial charge in [0.15, 0.2) is 0 Å². The van der Waals surface area contributed by atoms with Crippen LogP contribution in [0.5, 0.6) is 0 Å². The maximum atomic E-state index is 12.3. The number of ether oxygens (including phenoxy) is 2. The van der Waals surface area contributed by atoms with Crippen LogP contribution in [0.2, 0.25) is 0 Å². The summed E-state index contributed by atoms with van der Waals surface area (Å²) in [6.07, 6.45) is 6.43. The summed E-state index contributed by atoms with van der Waals surface area (Å²) in [6.45, 7) is 11.0. The third-order valence-electron chi connectivity index (χ3n) is 3.48. The van der Waals surface area contributed by atoms with E-state index in [9.17, 15) is 9.59 Å². The highest BCUT2D eigenvalue weighted by Gasteiger charge is 2.31. The van der Waals surface area contributed by atoms with Gasteiger partial charge in [-0.1, -0.05) is 33.3 Å². The van der Waals surface area contributed by atoms with Crippen molar-refractivity contribution >= 4 is 12.1 Å². The fraction of sp³-hybridized carbons (Fsp3) is 0.778. The lowest BCUT2D eigenvalue weighted by Crippen LogP contribution is -2.48. The van der Waals surface area contributed by atoms with E-state index in [1.54, 1.807) is 20.8 Å². The first-order valence-corrected chi connectivity index (χ1v) is 8.36. The van der Waals surface area contributed by atoms with Gasteiger partial charge < -0.3 is 14.8 Å². The van der Waals surface area contributed by atoms with Crippen molar-refractivity contribution in [2.45, 2.75) is 85.0 Å². The SMILES string of the molecule is CC(C)(C)OC(=O)OC1/C=C/CCCCC1NC(=O)C(C)(C)C. The van der Waals surface area contributed by atoms with Crippen molar-refractivity contribution in [3.63, 3.8) is 0 Å². The molecule has 5 heteroatoms. The first-order valence-electron chi connectivity index (χ1n) is 8.36. The molecule has 0 radical (unpaired) electrons. The van der Waals surface area contributed by atoms with Gasteiger partial charge in [-0.3, -0.25) is 4.79 Å². The lowest BCUT2D eigenvalue weighted by Gasteiger charge is -2.30. The summed E-state index contributed by atoms with van der Waals surface area (Å²) < 4.78 is 10.7. The Morgan fingerprint density at radius 2 is 1.74 bits per heavy atom. The number of carbonyl (C=O) groups is 2. The predicted molar refractivity (Wildman–Crippen MR) is 90.1 cm³/mol. The minimum Gasteiger partial charge on any atom is -0.429 e. The van der Waals surface area contributed by atoms with Crippen molar-refractivity contribution in [1.82, 2.24) is 5.32 Å². The zero-order valence-electron chi connectivity index (χ0n) is 15.3. The van der Waals surface area contributed by atoms with Crippen LogP contribution in [-0.4, -0.2) is 29.8 Å². The summed E-state index contributed by atoms with van der Waals surface area (Å²) in [5.41, 5.74) is -1.09. The second kappa shape index (κ2) is 7.84. The van der Waals surface area contributed by atoms with Gasteiger partial charge >= 0.3 is 6.16 Å². The van der Waals surface area contributed by atoms with Gasteiger partial charge in [-0.2, -0.15) is 0 Å². The van der Waals surface area contributed by atoms with Crippen LogP contribution >= 0.6 is 0 Å². The van der Waals surface area contributed by atoms with Crippen LogP contribution in [0.4, 0.5) is 4.79 Å². The average Bonchev–Trinajstić information content (AvgIpc) is 2.33. The molecule has 0 spiro atoms. The lowest BCUT2D eigenvalue weighted by molar-refractivity contribution is -0.130. The van der Waals surface area contributed by atoms with Gasteiger partial charge in [0.2, 0.25) is 5.91 Å². The molecule has 132 valence electrons. The molecule has 0 heterocycles. The quantitative estimate of drug-likeness (QED) is 0.616. The van der Waals surface area contributed by atoms with Crippen LogP contribution in [0, 0.1) is 5.41 Å². The van der Waals surface area contributed by atoms with E-state index in [0.717, 1.165) is 25.7 Å². The normalized spacial score (nSPS) is 24.1. The first-order chi connectivity index (χ1) is 10.5. The Morgan fingerprint density at radius 3 is 2.30 bits per heavy atom. The maximum absolute atomic E-state index is 12.3. The Morgan fingerprint density at radius 1 is 1.09 bits per heavy atom. The number of rotatable bonds is 2. The number of hydrogen-bond donors (Lipinski definition) is 1.